The molecule has 0 radical (unpaired) electrons. The van der Waals surface area contributed by atoms with Gasteiger partial charge in [0, 0.05) is 15.8 Å². The zero-order valence-corrected chi connectivity index (χ0v) is 13.5. The maximum absolute atomic E-state index is 12.4. The third-order valence-electron chi connectivity index (χ3n) is 3.00. The number of nitrogen functional groups attached to an aromatic ring is 1. The van der Waals surface area contributed by atoms with Crippen molar-refractivity contribution in [1.82, 2.24) is 0 Å². The molecule has 1 amide bonds. The van der Waals surface area contributed by atoms with E-state index in [1.54, 1.807) is 18.2 Å². The van der Waals surface area contributed by atoms with E-state index in [0.717, 1.165) is 10.0 Å². The predicted molar refractivity (Wildman–Crippen MR) is 88.9 cm³/mol. The Kier molecular flexibility index (Phi) is 4.85. The van der Waals surface area contributed by atoms with Gasteiger partial charge < -0.3 is 15.8 Å². The van der Waals surface area contributed by atoms with Crippen molar-refractivity contribution in [3.05, 3.63) is 52.0 Å². The lowest BCUT2D eigenvalue weighted by molar-refractivity contribution is 0.102. The van der Waals surface area contributed by atoms with Crippen LogP contribution in [0.25, 0.3) is 0 Å². The van der Waals surface area contributed by atoms with Crippen LogP contribution in [0.5, 0.6) is 5.75 Å². The number of rotatable bonds is 4. The summed E-state index contributed by atoms with van der Waals surface area (Å²) in [6, 6.07) is 10.8. The second-order valence-corrected chi connectivity index (χ2v) is 5.43. The number of amides is 1. The van der Waals surface area contributed by atoms with Crippen molar-refractivity contribution in [1.29, 1.82) is 0 Å². The summed E-state index contributed by atoms with van der Waals surface area (Å²) in [5, 5.41) is 2.85. The van der Waals surface area contributed by atoms with Gasteiger partial charge in [0.2, 0.25) is 0 Å². The van der Waals surface area contributed by atoms with Crippen LogP contribution >= 0.6 is 15.9 Å². The van der Waals surface area contributed by atoms with Gasteiger partial charge in [-0.25, -0.2) is 0 Å². The molecule has 21 heavy (non-hydrogen) atoms. The Morgan fingerprint density at radius 2 is 2.10 bits per heavy atom. The molecule has 0 unspecified atom stereocenters. The lowest BCUT2D eigenvalue weighted by Crippen LogP contribution is -2.16. The standard InChI is InChI=1S/C16H17BrN2O2/c1-3-21-14-6-4-5-13(18)15(14)16(20)19-11-7-8-12(17)10(2)9-11/h4-9H,3,18H2,1-2H3,(H,19,20). The van der Waals surface area contributed by atoms with Gasteiger partial charge in [-0.05, 0) is 49.7 Å². The molecule has 0 aliphatic rings. The number of nitrogens with one attached hydrogen (secondary N) is 1. The molecule has 0 aliphatic carbocycles. The zero-order valence-electron chi connectivity index (χ0n) is 11.9. The highest BCUT2D eigenvalue weighted by molar-refractivity contribution is 9.10. The topological polar surface area (TPSA) is 64.3 Å². The third kappa shape index (κ3) is 3.55. The van der Waals surface area contributed by atoms with E-state index < -0.39 is 0 Å². The fourth-order valence-electron chi connectivity index (χ4n) is 1.98. The third-order valence-corrected chi connectivity index (χ3v) is 3.89. The number of nitrogens with two attached hydrogens (primary N) is 1. The van der Waals surface area contributed by atoms with Crippen molar-refractivity contribution >= 4 is 33.2 Å². The predicted octanol–water partition coefficient (Wildman–Crippen LogP) is 3.99. The molecule has 0 bridgehead atoms. The van der Waals surface area contributed by atoms with Gasteiger partial charge in [0.25, 0.3) is 5.91 Å². The van der Waals surface area contributed by atoms with Crippen LogP contribution in [0, 0.1) is 6.92 Å². The van der Waals surface area contributed by atoms with Crippen LogP contribution in [-0.2, 0) is 0 Å². The van der Waals surface area contributed by atoms with Crippen LogP contribution in [0.2, 0.25) is 0 Å². The Morgan fingerprint density at radius 3 is 2.76 bits per heavy atom. The van der Waals surface area contributed by atoms with E-state index in [9.17, 15) is 4.79 Å². The second kappa shape index (κ2) is 6.63. The van der Waals surface area contributed by atoms with Gasteiger partial charge in [-0.1, -0.05) is 22.0 Å². The minimum atomic E-state index is -0.279. The van der Waals surface area contributed by atoms with Crippen LogP contribution in [0.3, 0.4) is 0 Å². The first kappa shape index (κ1) is 15.4. The molecule has 2 aromatic rings. The summed E-state index contributed by atoms with van der Waals surface area (Å²) in [5.41, 5.74) is 8.42. The number of ether oxygens (including phenoxy) is 1. The van der Waals surface area contributed by atoms with E-state index in [4.69, 9.17) is 10.5 Å². The number of halogens is 1. The highest BCUT2D eigenvalue weighted by Gasteiger charge is 2.16. The Bertz CT molecular complexity index is 671. The molecular weight excluding hydrogens is 332 g/mol. The molecule has 0 aliphatic heterocycles. The smallest absolute Gasteiger partial charge is 0.261 e. The highest BCUT2D eigenvalue weighted by atomic mass is 79.9. The Hall–Kier alpha value is -2.01. The number of hydrogen-bond donors (Lipinski definition) is 2. The van der Waals surface area contributed by atoms with E-state index in [-0.39, 0.29) is 5.91 Å². The zero-order chi connectivity index (χ0) is 15.4. The fourth-order valence-corrected chi connectivity index (χ4v) is 2.23. The summed E-state index contributed by atoms with van der Waals surface area (Å²) in [7, 11) is 0. The number of hydrogen-bond acceptors (Lipinski definition) is 3. The van der Waals surface area contributed by atoms with Crippen LogP contribution in [0.4, 0.5) is 11.4 Å². The molecular formula is C16H17BrN2O2. The van der Waals surface area contributed by atoms with E-state index in [1.165, 1.54) is 0 Å². The quantitative estimate of drug-likeness (QED) is 0.821. The molecule has 4 nitrogen and oxygen atoms in total. The Labute approximate surface area is 132 Å². The lowest BCUT2D eigenvalue weighted by Gasteiger charge is -2.13. The molecule has 110 valence electrons. The molecule has 0 atom stereocenters. The normalized spacial score (nSPS) is 10.2. The Morgan fingerprint density at radius 1 is 1.33 bits per heavy atom. The SMILES string of the molecule is CCOc1cccc(N)c1C(=O)Nc1ccc(Br)c(C)c1. The van der Waals surface area contributed by atoms with Crippen LogP contribution < -0.4 is 15.8 Å². The molecule has 0 aromatic heterocycles. The first-order valence-corrected chi connectivity index (χ1v) is 7.41. The summed E-state index contributed by atoms with van der Waals surface area (Å²) in [5.74, 6) is 0.210. The summed E-state index contributed by atoms with van der Waals surface area (Å²) in [6.45, 7) is 4.30. The molecule has 2 rings (SSSR count). The summed E-state index contributed by atoms with van der Waals surface area (Å²) in [4.78, 5) is 12.4. The van der Waals surface area contributed by atoms with E-state index >= 15 is 0 Å². The van der Waals surface area contributed by atoms with Gasteiger partial charge in [-0.15, -0.1) is 0 Å². The molecule has 0 heterocycles. The van der Waals surface area contributed by atoms with Crippen molar-refractivity contribution in [2.45, 2.75) is 13.8 Å². The Balaban J connectivity index is 2.29. The molecule has 0 saturated heterocycles. The van der Waals surface area contributed by atoms with E-state index in [0.29, 0.717) is 29.3 Å². The number of benzene rings is 2. The number of carbonyl (C=O) groups excluding carboxylic acids is 1. The van der Waals surface area contributed by atoms with Crippen LogP contribution in [0.1, 0.15) is 22.8 Å². The summed E-state index contributed by atoms with van der Waals surface area (Å²) < 4.78 is 6.47. The maximum atomic E-state index is 12.4. The van der Waals surface area contributed by atoms with Gasteiger partial charge >= 0.3 is 0 Å². The van der Waals surface area contributed by atoms with E-state index in [2.05, 4.69) is 21.2 Å². The largest absolute Gasteiger partial charge is 0.493 e. The van der Waals surface area contributed by atoms with Crippen molar-refractivity contribution < 1.29 is 9.53 Å². The summed E-state index contributed by atoms with van der Waals surface area (Å²) >= 11 is 3.43. The van der Waals surface area contributed by atoms with Gasteiger partial charge in [-0.3, -0.25) is 4.79 Å². The molecule has 0 saturated carbocycles. The first-order chi connectivity index (χ1) is 10.0. The van der Waals surface area contributed by atoms with Crippen molar-refractivity contribution in [3.63, 3.8) is 0 Å². The van der Waals surface area contributed by atoms with Gasteiger partial charge in [0.05, 0.1) is 6.61 Å². The number of aryl methyl sites for hydroxylation is 1. The van der Waals surface area contributed by atoms with Crippen LogP contribution in [-0.4, -0.2) is 12.5 Å². The molecule has 3 N–H and O–H groups in total. The average molecular weight is 349 g/mol. The van der Waals surface area contributed by atoms with Gasteiger partial charge in [0.15, 0.2) is 0 Å². The number of carbonyl (C=O) groups is 1. The van der Waals surface area contributed by atoms with Gasteiger partial charge in [0.1, 0.15) is 11.3 Å². The highest BCUT2D eigenvalue weighted by Crippen LogP contribution is 2.26. The molecule has 2 aromatic carbocycles. The molecule has 5 heteroatoms. The lowest BCUT2D eigenvalue weighted by atomic mass is 10.1. The monoisotopic (exact) mass is 348 g/mol. The minimum Gasteiger partial charge on any atom is -0.493 e. The molecule has 0 fully saturated rings. The first-order valence-electron chi connectivity index (χ1n) is 6.61. The number of anilines is 2. The average Bonchev–Trinajstić information content (AvgIpc) is 2.43. The molecule has 0 spiro atoms. The maximum Gasteiger partial charge on any atom is 0.261 e. The van der Waals surface area contributed by atoms with E-state index in [1.807, 2.05) is 32.0 Å². The summed E-state index contributed by atoms with van der Waals surface area (Å²) in [6.07, 6.45) is 0. The van der Waals surface area contributed by atoms with Crippen molar-refractivity contribution in [2.75, 3.05) is 17.7 Å². The second-order valence-electron chi connectivity index (χ2n) is 4.57. The minimum absolute atomic E-state index is 0.279. The fraction of sp³-hybridized carbons (Fsp3) is 0.188. The van der Waals surface area contributed by atoms with Crippen molar-refractivity contribution in [2.24, 2.45) is 0 Å². The van der Waals surface area contributed by atoms with Gasteiger partial charge in [-0.2, -0.15) is 0 Å². The van der Waals surface area contributed by atoms with Crippen LogP contribution in [0.15, 0.2) is 40.9 Å². The van der Waals surface area contributed by atoms with Crippen molar-refractivity contribution in [3.8, 4) is 5.75 Å².